The van der Waals surface area contributed by atoms with Gasteiger partial charge in [-0.3, -0.25) is 0 Å². The number of nitrogens with one attached hydrogen (secondary N) is 1. The summed E-state index contributed by atoms with van der Waals surface area (Å²) in [6.07, 6.45) is 12.8. The molecule has 2 heteroatoms. The van der Waals surface area contributed by atoms with Crippen molar-refractivity contribution in [2.24, 2.45) is 0 Å². The second-order valence-electron chi connectivity index (χ2n) is 5.80. The van der Waals surface area contributed by atoms with E-state index in [0.29, 0.717) is 0 Å². The molecular weight excluding hydrogens is 280 g/mol. The Labute approximate surface area is 136 Å². The molecule has 1 aliphatic heterocycles. The van der Waals surface area contributed by atoms with Crippen molar-refractivity contribution >= 4 is 11.3 Å². The molecule has 1 aliphatic carbocycles. The lowest BCUT2D eigenvalue weighted by Crippen LogP contribution is -2.27. The second kappa shape index (κ2) is 5.65. The molecule has 0 fully saturated rings. The number of allylic oxidation sites excluding steroid dienone is 4. The van der Waals surface area contributed by atoms with Crippen molar-refractivity contribution in [1.29, 1.82) is 0 Å². The van der Waals surface area contributed by atoms with E-state index in [1.807, 2.05) is 18.2 Å². The number of nitrogen functional groups attached to an aromatic ring is 1. The Morgan fingerprint density at radius 3 is 2.70 bits per heavy atom. The molecule has 2 nitrogen and oxygen atoms in total. The second-order valence-corrected chi connectivity index (χ2v) is 5.80. The van der Waals surface area contributed by atoms with Crippen molar-refractivity contribution in [3.63, 3.8) is 0 Å². The van der Waals surface area contributed by atoms with Crippen LogP contribution in [-0.4, -0.2) is 6.04 Å². The van der Waals surface area contributed by atoms with E-state index in [1.165, 1.54) is 16.7 Å². The van der Waals surface area contributed by atoms with Crippen molar-refractivity contribution < 1.29 is 0 Å². The molecule has 0 bridgehead atoms. The Bertz CT molecular complexity index is 869. The minimum atomic E-state index is 0.289. The van der Waals surface area contributed by atoms with E-state index in [0.717, 1.165) is 16.8 Å². The summed E-state index contributed by atoms with van der Waals surface area (Å²) >= 11 is 0. The standard InChI is InChI=1S/C21H18N2/c22-20-10-3-2-9-19(20)16-8-5-7-15(12-16)18-13-17-6-1-4-11-21(17)23-14-18/h1-14,21,23H,22H2. The molecule has 1 unspecified atom stereocenters. The van der Waals surface area contributed by atoms with E-state index >= 15 is 0 Å². The lowest BCUT2D eigenvalue weighted by atomic mass is 9.92. The van der Waals surface area contributed by atoms with E-state index in [2.05, 4.69) is 72.2 Å². The quantitative estimate of drug-likeness (QED) is 0.811. The zero-order valence-corrected chi connectivity index (χ0v) is 12.7. The third kappa shape index (κ3) is 2.59. The number of rotatable bonds is 2. The number of hydrogen-bond acceptors (Lipinski definition) is 2. The van der Waals surface area contributed by atoms with Crippen LogP contribution >= 0.6 is 0 Å². The van der Waals surface area contributed by atoms with Crippen molar-refractivity contribution in [2.75, 3.05) is 5.73 Å². The van der Waals surface area contributed by atoms with Crippen LogP contribution < -0.4 is 11.1 Å². The van der Waals surface area contributed by atoms with Crippen LogP contribution in [0, 0.1) is 0 Å². The molecule has 2 aromatic rings. The molecule has 1 heterocycles. The summed E-state index contributed by atoms with van der Waals surface area (Å²) in [7, 11) is 0. The van der Waals surface area contributed by atoms with Gasteiger partial charge in [0, 0.05) is 17.5 Å². The largest absolute Gasteiger partial charge is 0.398 e. The van der Waals surface area contributed by atoms with Gasteiger partial charge in [-0.25, -0.2) is 0 Å². The van der Waals surface area contributed by atoms with Crippen molar-refractivity contribution in [2.45, 2.75) is 6.04 Å². The number of anilines is 1. The molecule has 2 aliphatic rings. The Balaban J connectivity index is 1.72. The molecule has 0 saturated carbocycles. The molecule has 0 saturated heterocycles. The summed E-state index contributed by atoms with van der Waals surface area (Å²) in [5.74, 6) is 0. The SMILES string of the molecule is Nc1ccccc1-c1cccc(C2=CNC3C=CC=CC3=C2)c1. The highest BCUT2D eigenvalue weighted by Crippen LogP contribution is 2.30. The van der Waals surface area contributed by atoms with Gasteiger partial charge in [-0.1, -0.05) is 60.7 Å². The van der Waals surface area contributed by atoms with Crippen LogP contribution in [0.3, 0.4) is 0 Å². The van der Waals surface area contributed by atoms with Gasteiger partial charge >= 0.3 is 0 Å². The van der Waals surface area contributed by atoms with E-state index in [4.69, 9.17) is 5.73 Å². The number of dihydropyridines is 1. The highest BCUT2D eigenvalue weighted by molar-refractivity contribution is 5.82. The predicted octanol–water partition coefficient (Wildman–Crippen LogP) is 4.30. The predicted molar refractivity (Wildman–Crippen MR) is 97.6 cm³/mol. The first-order chi connectivity index (χ1) is 11.3. The van der Waals surface area contributed by atoms with E-state index < -0.39 is 0 Å². The zero-order chi connectivity index (χ0) is 15.6. The topological polar surface area (TPSA) is 38.0 Å². The van der Waals surface area contributed by atoms with Gasteiger partial charge < -0.3 is 11.1 Å². The molecule has 0 radical (unpaired) electrons. The van der Waals surface area contributed by atoms with E-state index in [-0.39, 0.29) is 6.04 Å². The first kappa shape index (κ1) is 13.6. The molecule has 4 rings (SSSR count). The summed E-state index contributed by atoms with van der Waals surface area (Å²) in [5.41, 5.74) is 12.8. The van der Waals surface area contributed by atoms with Crippen LogP contribution in [0.25, 0.3) is 16.7 Å². The molecule has 0 aromatic heterocycles. The Kier molecular flexibility index (Phi) is 3.35. The van der Waals surface area contributed by atoms with Crippen LogP contribution in [0.5, 0.6) is 0 Å². The van der Waals surface area contributed by atoms with Crippen LogP contribution in [0.4, 0.5) is 5.69 Å². The highest BCUT2D eigenvalue weighted by Gasteiger charge is 2.15. The van der Waals surface area contributed by atoms with Crippen LogP contribution in [0.15, 0.2) is 90.7 Å². The van der Waals surface area contributed by atoms with Gasteiger partial charge in [-0.05, 0) is 40.5 Å². The maximum atomic E-state index is 6.11. The molecule has 0 spiro atoms. The maximum Gasteiger partial charge on any atom is 0.0696 e. The Hall–Kier alpha value is -3.00. The zero-order valence-electron chi connectivity index (χ0n) is 12.7. The molecular formula is C21H18N2. The molecule has 112 valence electrons. The maximum absolute atomic E-state index is 6.11. The summed E-state index contributed by atoms with van der Waals surface area (Å²) in [5, 5.41) is 3.45. The minimum Gasteiger partial charge on any atom is -0.398 e. The van der Waals surface area contributed by atoms with Crippen molar-refractivity contribution in [3.05, 3.63) is 96.2 Å². The summed E-state index contributed by atoms with van der Waals surface area (Å²) in [6, 6.07) is 16.8. The van der Waals surface area contributed by atoms with Crippen LogP contribution in [-0.2, 0) is 0 Å². The molecule has 0 amide bonds. The minimum absolute atomic E-state index is 0.289. The van der Waals surface area contributed by atoms with E-state index in [1.54, 1.807) is 0 Å². The Morgan fingerprint density at radius 1 is 0.913 bits per heavy atom. The van der Waals surface area contributed by atoms with Crippen LogP contribution in [0.1, 0.15) is 5.56 Å². The summed E-state index contributed by atoms with van der Waals surface area (Å²) < 4.78 is 0. The van der Waals surface area contributed by atoms with Crippen molar-refractivity contribution in [1.82, 2.24) is 5.32 Å². The van der Waals surface area contributed by atoms with Gasteiger partial charge in [0.15, 0.2) is 0 Å². The lowest BCUT2D eigenvalue weighted by Gasteiger charge is -2.23. The number of fused-ring (bicyclic) bond motifs is 1. The first-order valence-electron chi connectivity index (χ1n) is 7.79. The summed E-state index contributed by atoms with van der Waals surface area (Å²) in [4.78, 5) is 0. The first-order valence-corrected chi connectivity index (χ1v) is 7.79. The number of benzene rings is 2. The number of para-hydroxylation sites is 1. The van der Waals surface area contributed by atoms with Gasteiger partial charge in [-0.2, -0.15) is 0 Å². The number of nitrogens with two attached hydrogens (primary N) is 1. The van der Waals surface area contributed by atoms with Gasteiger partial charge in [0.1, 0.15) is 0 Å². The van der Waals surface area contributed by atoms with Crippen LogP contribution in [0.2, 0.25) is 0 Å². The molecule has 3 N–H and O–H groups in total. The third-order valence-electron chi connectivity index (χ3n) is 4.27. The normalized spacial score (nSPS) is 18.7. The van der Waals surface area contributed by atoms with Gasteiger partial charge in [-0.15, -0.1) is 0 Å². The third-order valence-corrected chi connectivity index (χ3v) is 4.27. The number of hydrogen-bond donors (Lipinski definition) is 2. The average molecular weight is 298 g/mol. The van der Waals surface area contributed by atoms with Gasteiger partial charge in [0.25, 0.3) is 0 Å². The smallest absolute Gasteiger partial charge is 0.0696 e. The lowest BCUT2D eigenvalue weighted by molar-refractivity contribution is 0.798. The highest BCUT2D eigenvalue weighted by atomic mass is 14.9. The van der Waals surface area contributed by atoms with E-state index in [9.17, 15) is 0 Å². The monoisotopic (exact) mass is 298 g/mol. The molecule has 2 aromatic carbocycles. The van der Waals surface area contributed by atoms with Gasteiger partial charge in [0.05, 0.1) is 6.04 Å². The fourth-order valence-corrected chi connectivity index (χ4v) is 3.04. The summed E-state index contributed by atoms with van der Waals surface area (Å²) in [6.45, 7) is 0. The molecule has 23 heavy (non-hydrogen) atoms. The Morgan fingerprint density at radius 2 is 1.78 bits per heavy atom. The van der Waals surface area contributed by atoms with Crippen molar-refractivity contribution in [3.8, 4) is 11.1 Å². The fraction of sp³-hybridized carbons (Fsp3) is 0.0476. The molecule has 1 atom stereocenters. The van der Waals surface area contributed by atoms with Gasteiger partial charge in [0.2, 0.25) is 0 Å². The fourth-order valence-electron chi connectivity index (χ4n) is 3.04. The average Bonchev–Trinajstić information content (AvgIpc) is 2.62.